The number of hydrogen-bond acceptors (Lipinski definition) is 6. The SMILES string of the molecule is O=[N+]([O-])c1ccc(Oc2cc(Cl)cc(Cl)c2)c(S(=O)(=O)NCCN2CCCCC2)c1. The van der Waals surface area contributed by atoms with Gasteiger partial charge in [0, 0.05) is 35.3 Å². The molecular formula is C19H21Cl2N3O5S. The summed E-state index contributed by atoms with van der Waals surface area (Å²) in [6.07, 6.45) is 3.37. The van der Waals surface area contributed by atoms with Crippen LogP contribution in [-0.2, 0) is 10.0 Å². The molecule has 30 heavy (non-hydrogen) atoms. The first-order chi connectivity index (χ1) is 14.2. The molecule has 2 aromatic carbocycles. The molecule has 1 heterocycles. The maximum absolute atomic E-state index is 12.9. The van der Waals surface area contributed by atoms with Gasteiger partial charge in [-0.25, -0.2) is 13.1 Å². The number of nitro groups is 1. The van der Waals surface area contributed by atoms with Gasteiger partial charge in [-0.15, -0.1) is 0 Å². The molecular weight excluding hydrogens is 453 g/mol. The molecule has 0 unspecified atom stereocenters. The van der Waals surface area contributed by atoms with Crippen LogP contribution in [0.3, 0.4) is 0 Å². The molecule has 0 spiro atoms. The number of hydrogen-bond donors (Lipinski definition) is 1. The Morgan fingerprint density at radius 2 is 1.73 bits per heavy atom. The number of sulfonamides is 1. The zero-order valence-electron chi connectivity index (χ0n) is 16.0. The molecule has 0 aromatic heterocycles. The number of nitrogens with one attached hydrogen (secondary N) is 1. The van der Waals surface area contributed by atoms with Crippen LogP contribution in [0, 0.1) is 10.1 Å². The van der Waals surface area contributed by atoms with E-state index in [1.54, 1.807) is 0 Å². The van der Waals surface area contributed by atoms with Gasteiger partial charge in [-0.05, 0) is 50.2 Å². The van der Waals surface area contributed by atoms with Gasteiger partial charge in [0.15, 0.2) is 0 Å². The fourth-order valence-electron chi connectivity index (χ4n) is 3.22. The number of ether oxygens (including phenoxy) is 1. The molecule has 1 saturated heterocycles. The average molecular weight is 474 g/mol. The van der Waals surface area contributed by atoms with Crippen molar-refractivity contribution >= 4 is 38.9 Å². The van der Waals surface area contributed by atoms with Crippen LogP contribution in [0.4, 0.5) is 5.69 Å². The Balaban J connectivity index is 1.84. The van der Waals surface area contributed by atoms with E-state index in [1.807, 2.05) is 0 Å². The van der Waals surface area contributed by atoms with Crippen molar-refractivity contribution in [2.45, 2.75) is 24.2 Å². The van der Waals surface area contributed by atoms with Crippen LogP contribution < -0.4 is 9.46 Å². The van der Waals surface area contributed by atoms with Gasteiger partial charge < -0.3 is 9.64 Å². The van der Waals surface area contributed by atoms with Crippen molar-refractivity contribution in [3.8, 4) is 11.5 Å². The molecule has 0 aliphatic carbocycles. The van der Waals surface area contributed by atoms with Gasteiger partial charge in [0.1, 0.15) is 16.4 Å². The highest BCUT2D eigenvalue weighted by molar-refractivity contribution is 7.89. The van der Waals surface area contributed by atoms with Crippen molar-refractivity contribution in [2.75, 3.05) is 26.2 Å². The summed E-state index contributed by atoms with van der Waals surface area (Å²) in [4.78, 5) is 12.4. The summed E-state index contributed by atoms with van der Waals surface area (Å²) >= 11 is 11.9. The molecule has 1 aliphatic heterocycles. The van der Waals surface area contributed by atoms with Crippen molar-refractivity contribution in [1.82, 2.24) is 9.62 Å². The van der Waals surface area contributed by atoms with Crippen molar-refractivity contribution in [2.24, 2.45) is 0 Å². The van der Waals surface area contributed by atoms with Crippen LogP contribution in [-0.4, -0.2) is 44.4 Å². The monoisotopic (exact) mass is 473 g/mol. The summed E-state index contributed by atoms with van der Waals surface area (Å²) in [7, 11) is -4.06. The second-order valence-electron chi connectivity index (χ2n) is 6.90. The van der Waals surface area contributed by atoms with Crippen LogP contribution in [0.2, 0.25) is 10.0 Å². The maximum atomic E-state index is 12.9. The van der Waals surface area contributed by atoms with E-state index in [1.165, 1.54) is 36.8 Å². The molecule has 11 heteroatoms. The highest BCUT2D eigenvalue weighted by atomic mass is 35.5. The fourth-order valence-corrected chi connectivity index (χ4v) is 4.89. The van der Waals surface area contributed by atoms with Crippen molar-refractivity contribution in [3.05, 3.63) is 56.6 Å². The minimum Gasteiger partial charge on any atom is -0.456 e. The van der Waals surface area contributed by atoms with Crippen molar-refractivity contribution < 1.29 is 18.1 Å². The largest absolute Gasteiger partial charge is 0.456 e. The van der Waals surface area contributed by atoms with Crippen LogP contribution in [0.1, 0.15) is 19.3 Å². The average Bonchev–Trinajstić information content (AvgIpc) is 2.68. The zero-order valence-corrected chi connectivity index (χ0v) is 18.3. The number of benzene rings is 2. The number of halogens is 2. The Morgan fingerprint density at radius 3 is 2.37 bits per heavy atom. The van der Waals surface area contributed by atoms with Gasteiger partial charge in [-0.3, -0.25) is 10.1 Å². The lowest BCUT2D eigenvalue weighted by Crippen LogP contribution is -2.37. The summed E-state index contributed by atoms with van der Waals surface area (Å²) in [5.41, 5.74) is -0.358. The quantitative estimate of drug-likeness (QED) is 0.448. The maximum Gasteiger partial charge on any atom is 0.271 e. The van der Waals surface area contributed by atoms with E-state index in [2.05, 4.69) is 9.62 Å². The molecule has 1 aliphatic rings. The lowest BCUT2D eigenvalue weighted by Gasteiger charge is -2.26. The zero-order chi connectivity index (χ0) is 21.7. The molecule has 0 radical (unpaired) electrons. The normalized spacial score (nSPS) is 15.1. The Kier molecular flexibility index (Phi) is 7.54. The highest BCUT2D eigenvalue weighted by Crippen LogP contribution is 2.34. The third kappa shape index (κ3) is 6.05. The smallest absolute Gasteiger partial charge is 0.271 e. The second-order valence-corrected chi connectivity index (χ2v) is 9.50. The summed E-state index contributed by atoms with van der Waals surface area (Å²) in [5, 5.41) is 11.8. The summed E-state index contributed by atoms with van der Waals surface area (Å²) in [6, 6.07) is 7.83. The van der Waals surface area contributed by atoms with E-state index in [0.29, 0.717) is 16.6 Å². The van der Waals surface area contributed by atoms with Crippen LogP contribution in [0.15, 0.2) is 41.3 Å². The Morgan fingerprint density at radius 1 is 1.07 bits per heavy atom. The van der Waals surface area contributed by atoms with Crippen LogP contribution in [0.25, 0.3) is 0 Å². The number of piperidine rings is 1. The van der Waals surface area contributed by atoms with Crippen LogP contribution >= 0.6 is 23.2 Å². The van der Waals surface area contributed by atoms with E-state index >= 15 is 0 Å². The molecule has 162 valence electrons. The van der Waals surface area contributed by atoms with Crippen LogP contribution in [0.5, 0.6) is 11.5 Å². The number of nitro benzene ring substituents is 1. The van der Waals surface area contributed by atoms with E-state index in [-0.39, 0.29) is 28.6 Å². The van der Waals surface area contributed by atoms with E-state index in [4.69, 9.17) is 27.9 Å². The first-order valence-electron chi connectivity index (χ1n) is 9.39. The Labute approximate surface area is 184 Å². The predicted octanol–water partition coefficient (Wildman–Crippen LogP) is 4.46. The Hall–Kier alpha value is -1.91. The predicted molar refractivity (Wildman–Crippen MR) is 115 cm³/mol. The molecule has 0 amide bonds. The van der Waals surface area contributed by atoms with Gasteiger partial charge >= 0.3 is 0 Å². The van der Waals surface area contributed by atoms with E-state index < -0.39 is 14.9 Å². The standard InChI is InChI=1S/C19H21Cl2N3O5S/c20-14-10-15(21)12-17(11-14)29-18-5-4-16(24(25)26)13-19(18)30(27,28)22-6-9-23-7-2-1-3-8-23/h4-5,10-13,22H,1-3,6-9H2. The minimum atomic E-state index is -4.06. The summed E-state index contributed by atoms with van der Waals surface area (Å²) in [6.45, 7) is 2.62. The summed E-state index contributed by atoms with van der Waals surface area (Å²) in [5.74, 6) is 0.149. The number of rotatable bonds is 8. The molecule has 1 fully saturated rings. The molecule has 0 atom stereocenters. The molecule has 0 bridgehead atoms. The Bertz CT molecular complexity index is 1010. The van der Waals surface area contributed by atoms with E-state index in [0.717, 1.165) is 32.0 Å². The van der Waals surface area contributed by atoms with Gasteiger partial charge in [0.05, 0.1) is 4.92 Å². The highest BCUT2D eigenvalue weighted by Gasteiger charge is 2.24. The van der Waals surface area contributed by atoms with Crippen molar-refractivity contribution in [1.29, 1.82) is 0 Å². The van der Waals surface area contributed by atoms with E-state index in [9.17, 15) is 18.5 Å². The molecule has 1 N–H and O–H groups in total. The van der Waals surface area contributed by atoms with Gasteiger partial charge in [0.2, 0.25) is 10.0 Å². The van der Waals surface area contributed by atoms with Gasteiger partial charge in [0.25, 0.3) is 5.69 Å². The summed E-state index contributed by atoms with van der Waals surface area (Å²) < 4.78 is 34.0. The third-order valence-electron chi connectivity index (χ3n) is 4.66. The molecule has 8 nitrogen and oxygen atoms in total. The number of likely N-dealkylation sites (tertiary alicyclic amines) is 1. The minimum absolute atomic E-state index is 0.0654. The fraction of sp³-hybridized carbons (Fsp3) is 0.368. The number of nitrogens with zero attached hydrogens (tertiary/aromatic N) is 2. The lowest BCUT2D eigenvalue weighted by molar-refractivity contribution is -0.385. The van der Waals surface area contributed by atoms with Crippen molar-refractivity contribution in [3.63, 3.8) is 0 Å². The number of non-ortho nitro benzene ring substituents is 1. The molecule has 3 rings (SSSR count). The van der Waals surface area contributed by atoms with Gasteiger partial charge in [-0.1, -0.05) is 29.6 Å². The first-order valence-corrected chi connectivity index (χ1v) is 11.6. The molecule has 0 saturated carbocycles. The first kappa shape index (κ1) is 22.8. The van der Waals surface area contributed by atoms with Gasteiger partial charge in [-0.2, -0.15) is 0 Å². The second kappa shape index (κ2) is 9.93. The third-order valence-corrected chi connectivity index (χ3v) is 6.58. The topological polar surface area (TPSA) is 102 Å². The lowest BCUT2D eigenvalue weighted by atomic mass is 10.1. The molecule has 2 aromatic rings.